The van der Waals surface area contributed by atoms with E-state index in [1.54, 1.807) is 0 Å². The number of hydrogen-bond acceptors (Lipinski definition) is 5. The molecule has 1 aliphatic rings. The van der Waals surface area contributed by atoms with Gasteiger partial charge in [0.15, 0.2) is 0 Å². The lowest BCUT2D eigenvalue weighted by molar-refractivity contribution is -0.142. The molecular formula is C23H24N2O6. The van der Waals surface area contributed by atoms with Gasteiger partial charge in [0.05, 0.1) is 6.54 Å². The van der Waals surface area contributed by atoms with Gasteiger partial charge in [-0.1, -0.05) is 61.2 Å². The summed E-state index contributed by atoms with van der Waals surface area (Å²) in [6.07, 6.45) is -0.209. The van der Waals surface area contributed by atoms with Gasteiger partial charge in [0.2, 0.25) is 0 Å². The molecule has 2 amide bonds. The molecule has 0 bridgehead atoms. The molecule has 8 heteroatoms. The Labute approximate surface area is 180 Å². The van der Waals surface area contributed by atoms with Crippen molar-refractivity contribution >= 4 is 18.2 Å². The fourth-order valence-electron chi connectivity index (χ4n) is 3.58. The van der Waals surface area contributed by atoms with Crippen LogP contribution in [0.2, 0.25) is 0 Å². The van der Waals surface area contributed by atoms with E-state index >= 15 is 0 Å². The van der Waals surface area contributed by atoms with Crippen LogP contribution in [0.3, 0.4) is 0 Å². The third-order valence-electron chi connectivity index (χ3n) is 5.15. The van der Waals surface area contributed by atoms with Crippen molar-refractivity contribution in [1.29, 1.82) is 0 Å². The first-order valence-corrected chi connectivity index (χ1v) is 9.76. The summed E-state index contributed by atoms with van der Waals surface area (Å²) in [5.74, 6) is -1.42. The molecule has 0 saturated heterocycles. The highest BCUT2D eigenvalue weighted by Crippen LogP contribution is 2.44. The minimum Gasteiger partial charge on any atom is -0.480 e. The van der Waals surface area contributed by atoms with Crippen LogP contribution in [-0.4, -0.2) is 61.0 Å². The zero-order chi connectivity index (χ0) is 22.4. The van der Waals surface area contributed by atoms with Gasteiger partial charge in [0.25, 0.3) is 0 Å². The van der Waals surface area contributed by atoms with E-state index in [4.69, 9.17) is 9.47 Å². The standard InChI is InChI=1S/C23H24N2O6/c1-3-12-30-22(28)24-13-20(21(26)27)25(2)23(29)31-14-19-17-10-6-4-8-15(17)16-9-5-7-11-18(16)19/h3-11,19-20H,1,12-14H2,2H3,(H,24,28)(H,26,27)/t20-/m0/s1. The highest BCUT2D eigenvalue weighted by atomic mass is 16.6. The number of nitrogens with one attached hydrogen (secondary N) is 1. The number of amides is 2. The number of nitrogens with zero attached hydrogens (tertiary/aromatic N) is 1. The van der Waals surface area contributed by atoms with Gasteiger partial charge in [-0.3, -0.25) is 4.90 Å². The molecule has 0 unspecified atom stereocenters. The minimum absolute atomic E-state index is 0.00815. The Morgan fingerprint density at radius 1 is 1.10 bits per heavy atom. The predicted octanol–water partition coefficient (Wildman–Crippen LogP) is 3.23. The molecule has 0 spiro atoms. The number of benzene rings is 2. The van der Waals surface area contributed by atoms with Crippen molar-refractivity contribution in [3.05, 3.63) is 72.3 Å². The summed E-state index contributed by atoms with van der Waals surface area (Å²) in [4.78, 5) is 36.7. The van der Waals surface area contributed by atoms with Gasteiger partial charge in [-0.05, 0) is 22.3 Å². The van der Waals surface area contributed by atoms with Gasteiger partial charge in [0.1, 0.15) is 19.3 Å². The number of fused-ring (bicyclic) bond motifs is 3. The van der Waals surface area contributed by atoms with E-state index in [2.05, 4.69) is 11.9 Å². The molecule has 162 valence electrons. The van der Waals surface area contributed by atoms with Gasteiger partial charge in [0, 0.05) is 13.0 Å². The van der Waals surface area contributed by atoms with Crippen LogP contribution in [0.15, 0.2) is 61.2 Å². The summed E-state index contributed by atoms with van der Waals surface area (Å²) in [7, 11) is 1.31. The molecular weight excluding hydrogens is 400 g/mol. The first-order chi connectivity index (χ1) is 14.9. The number of alkyl carbamates (subject to hydrolysis) is 1. The van der Waals surface area contributed by atoms with Crippen molar-refractivity contribution < 1.29 is 29.0 Å². The van der Waals surface area contributed by atoms with Crippen LogP contribution in [0.4, 0.5) is 9.59 Å². The Morgan fingerprint density at radius 2 is 1.68 bits per heavy atom. The van der Waals surface area contributed by atoms with E-state index in [0.717, 1.165) is 27.2 Å². The number of hydrogen-bond donors (Lipinski definition) is 2. The van der Waals surface area contributed by atoms with E-state index in [-0.39, 0.29) is 25.7 Å². The number of carboxylic acid groups (broad SMARTS) is 1. The van der Waals surface area contributed by atoms with Crippen LogP contribution in [0.25, 0.3) is 11.1 Å². The Kier molecular flexibility index (Phi) is 6.92. The van der Waals surface area contributed by atoms with Crippen LogP contribution < -0.4 is 5.32 Å². The molecule has 0 saturated carbocycles. The fourth-order valence-corrected chi connectivity index (χ4v) is 3.58. The summed E-state index contributed by atoms with van der Waals surface area (Å²) < 4.78 is 10.2. The van der Waals surface area contributed by atoms with Crippen molar-refractivity contribution in [2.24, 2.45) is 0 Å². The van der Waals surface area contributed by atoms with Gasteiger partial charge < -0.3 is 19.9 Å². The maximum Gasteiger partial charge on any atom is 0.410 e. The SMILES string of the molecule is C=CCOC(=O)NC[C@@H](C(=O)O)N(C)C(=O)OCC1c2ccccc2-c2ccccc21. The summed E-state index contributed by atoms with van der Waals surface area (Å²) in [6, 6.07) is 14.5. The number of rotatable bonds is 8. The topological polar surface area (TPSA) is 105 Å². The lowest BCUT2D eigenvalue weighted by Crippen LogP contribution is -2.49. The third kappa shape index (κ3) is 4.85. The third-order valence-corrected chi connectivity index (χ3v) is 5.15. The lowest BCUT2D eigenvalue weighted by Gasteiger charge is -2.25. The molecule has 0 fully saturated rings. The molecule has 1 aliphatic carbocycles. The molecule has 31 heavy (non-hydrogen) atoms. The highest BCUT2D eigenvalue weighted by Gasteiger charge is 2.32. The molecule has 0 radical (unpaired) electrons. The van der Waals surface area contributed by atoms with Crippen LogP contribution in [0.1, 0.15) is 17.0 Å². The second-order valence-corrected chi connectivity index (χ2v) is 7.04. The van der Waals surface area contributed by atoms with Crippen LogP contribution in [-0.2, 0) is 14.3 Å². The van der Waals surface area contributed by atoms with Gasteiger partial charge >= 0.3 is 18.2 Å². The van der Waals surface area contributed by atoms with Crippen molar-refractivity contribution in [1.82, 2.24) is 10.2 Å². The van der Waals surface area contributed by atoms with Crippen LogP contribution >= 0.6 is 0 Å². The molecule has 1 atom stereocenters. The maximum atomic E-state index is 12.6. The monoisotopic (exact) mass is 424 g/mol. The summed E-state index contributed by atoms with van der Waals surface area (Å²) in [5, 5.41) is 11.8. The van der Waals surface area contributed by atoms with E-state index in [9.17, 15) is 19.5 Å². The number of carbonyl (C=O) groups excluding carboxylic acids is 2. The molecule has 2 aromatic carbocycles. The Morgan fingerprint density at radius 3 is 2.23 bits per heavy atom. The summed E-state index contributed by atoms with van der Waals surface area (Å²) in [5.41, 5.74) is 4.30. The lowest BCUT2D eigenvalue weighted by atomic mass is 9.98. The number of likely N-dealkylation sites (N-methyl/N-ethyl adjacent to an activating group) is 1. The number of ether oxygens (including phenoxy) is 2. The zero-order valence-electron chi connectivity index (χ0n) is 17.1. The van der Waals surface area contributed by atoms with Crippen LogP contribution in [0.5, 0.6) is 0 Å². The predicted molar refractivity (Wildman–Crippen MR) is 114 cm³/mol. The van der Waals surface area contributed by atoms with Gasteiger partial charge in [-0.15, -0.1) is 0 Å². The second kappa shape index (κ2) is 9.80. The molecule has 0 heterocycles. The van der Waals surface area contributed by atoms with E-state index < -0.39 is 24.2 Å². The molecule has 2 N–H and O–H groups in total. The van der Waals surface area contributed by atoms with E-state index in [0.29, 0.717) is 0 Å². The van der Waals surface area contributed by atoms with Crippen molar-refractivity contribution in [3.8, 4) is 11.1 Å². The Bertz CT molecular complexity index is 944. The number of carbonyl (C=O) groups is 3. The normalized spacial score (nSPS) is 12.8. The van der Waals surface area contributed by atoms with Gasteiger partial charge in [-0.25, -0.2) is 14.4 Å². The average Bonchev–Trinajstić information content (AvgIpc) is 3.09. The number of aliphatic carboxylic acids is 1. The van der Waals surface area contributed by atoms with Crippen molar-refractivity contribution in [3.63, 3.8) is 0 Å². The Hall–Kier alpha value is -3.81. The van der Waals surface area contributed by atoms with Gasteiger partial charge in [-0.2, -0.15) is 0 Å². The summed E-state index contributed by atoms with van der Waals surface area (Å²) >= 11 is 0. The highest BCUT2D eigenvalue weighted by molar-refractivity contribution is 5.81. The largest absolute Gasteiger partial charge is 0.480 e. The first-order valence-electron chi connectivity index (χ1n) is 9.76. The average molecular weight is 424 g/mol. The molecule has 2 aromatic rings. The summed E-state index contributed by atoms with van der Waals surface area (Å²) in [6.45, 7) is 3.15. The van der Waals surface area contributed by atoms with Crippen molar-refractivity contribution in [2.45, 2.75) is 12.0 Å². The molecule has 3 rings (SSSR count). The fraction of sp³-hybridized carbons (Fsp3) is 0.261. The van der Waals surface area contributed by atoms with E-state index in [1.807, 2.05) is 48.5 Å². The minimum atomic E-state index is -1.31. The molecule has 0 aromatic heterocycles. The second-order valence-electron chi connectivity index (χ2n) is 7.04. The maximum absolute atomic E-state index is 12.6. The van der Waals surface area contributed by atoms with Crippen LogP contribution in [0, 0.1) is 0 Å². The van der Waals surface area contributed by atoms with E-state index in [1.165, 1.54) is 13.1 Å². The molecule has 0 aliphatic heterocycles. The van der Waals surface area contributed by atoms with Crippen molar-refractivity contribution in [2.75, 3.05) is 26.8 Å². The smallest absolute Gasteiger partial charge is 0.410 e. The molecule has 8 nitrogen and oxygen atoms in total. The quantitative estimate of drug-likeness (QED) is 0.631. The number of carboxylic acids is 1. The first kappa shape index (κ1) is 21.9. The zero-order valence-corrected chi connectivity index (χ0v) is 17.1. The Balaban J connectivity index is 1.64.